The van der Waals surface area contributed by atoms with E-state index in [0.717, 1.165) is 11.3 Å². The van der Waals surface area contributed by atoms with E-state index in [1.165, 1.54) is 29.2 Å². The fourth-order valence-electron chi connectivity index (χ4n) is 3.40. The van der Waals surface area contributed by atoms with Crippen molar-refractivity contribution >= 4 is 11.8 Å². The smallest absolute Gasteiger partial charge is 0.257 e. The molecule has 3 rings (SSSR count). The molecule has 0 N–H and O–H groups in total. The minimum Gasteiger partial charge on any atom is -0.464 e. The van der Waals surface area contributed by atoms with Gasteiger partial charge in [0.05, 0.1) is 12.1 Å². The number of benzene rings is 2. The molecule has 0 spiro atoms. The molecule has 2 amide bonds. The molecule has 0 atom stereocenters. The van der Waals surface area contributed by atoms with Crippen LogP contribution in [0.25, 0.3) is 0 Å². The molecule has 5 nitrogen and oxygen atoms in total. The van der Waals surface area contributed by atoms with Crippen LogP contribution < -0.4 is 0 Å². The maximum Gasteiger partial charge on any atom is 0.257 e. The zero-order valence-corrected chi connectivity index (χ0v) is 18.2. The number of amides is 2. The molecule has 1 heterocycles. The van der Waals surface area contributed by atoms with Crippen LogP contribution in [-0.2, 0) is 17.8 Å². The van der Waals surface area contributed by atoms with Crippen molar-refractivity contribution in [1.82, 2.24) is 9.80 Å². The number of rotatable bonds is 10. The molecule has 0 aliphatic rings. The molecule has 0 radical (unpaired) electrons. The summed E-state index contributed by atoms with van der Waals surface area (Å²) in [4.78, 5) is 29.1. The van der Waals surface area contributed by atoms with Crippen LogP contribution in [-0.4, -0.2) is 41.2 Å². The molecular formula is C26H27FN2O3. The number of nitrogens with zero attached hydrogens (tertiary/aromatic N) is 2. The van der Waals surface area contributed by atoms with E-state index in [1.807, 2.05) is 49.4 Å². The Labute approximate surface area is 187 Å². The zero-order valence-electron chi connectivity index (χ0n) is 18.2. The number of hydrogen-bond acceptors (Lipinski definition) is 3. The summed E-state index contributed by atoms with van der Waals surface area (Å²) in [5.74, 6) is 0.0128. The first kappa shape index (κ1) is 23.0. The number of carbonyl (C=O) groups is 2. The fourth-order valence-corrected chi connectivity index (χ4v) is 3.40. The van der Waals surface area contributed by atoms with Crippen molar-refractivity contribution in [3.8, 4) is 0 Å². The van der Waals surface area contributed by atoms with Crippen LogP contribution in [0.4, 0.5) is 4.39 Å². The Hall–Kier alpha value is -3.67. The first-order chi connectivity index (χ1) is 15.5. The molecule has 0 saturated heterocycles. The quantitative estimate of drug-likeness (QED) is 0.437. The SMILES string of the molecule is C=CCN(CC(=O)N(CCc1ccccc1)Cc1ccc(C)o1)C(=O)c1ccccc1F. The molecular weight excluding hydrogens is 407 g/mol. The molecule has 166 valence electrons. The normalized spacial score (nSPS) is 10.6. The summed E-state index contributed by atoms with van der Waals surface area (Å²) in [6.45, 7) is 6.20. The van der Waals surface area contributed by atoms with Crippen molar-refractivity contribution in [2.24, 2.45) is 0 Å². The molecule has 1 aromatic heterocycles. The molecule has 2 aromatic carbocycles. The first-order valence-corrected chi connectivity index (χ1v) is 10.5. The second-order valence-electron chi connectivity index (χ2n) is 7.52. The second-order valence-corrected chi connectivity index (χ2v) is 7.52. The van der Waals surface area contributed by atoms with Gasteiger partial charge in [0, 0.05) is 13.1 Å². The largest absolute Gasteiger partial charge is 0.464 e. The summed E-state index contributed by atoms with van der Waals surface area (Å²) < 4.78 is 19.8. The highest BCUT2D eigenvalue weighted by atomic mass is 19.1. The summed E-state index contributed by atoms with van der Waals surface area (Å²) in [6, 6.07) is 19.3. The summed E-state index contributed by atoms with van der Waals surface area (Å²) >= 11 is 0. The minimum absolute atomic E-state index is 0.0698. The summed E-state index contributed by atoms with van der Waals surface area (Å²) in [7, 11) is 0. The van der Waals surface area contributed by atoms with Crippen molar-refractivity contribution in [2.45, 2.75) is 19.9 Å². The molecule has 3 aromatic rings. The molecule has 0 unspecified atom stereocenters. The van der Waals surface area contributed by atoms with Gasteiger partial charge < -0.3 is 14.2 Å². The summed E-state index contributed by atoms with van der Waals surface area (Å²) in [6.07, 6.45) is 2.19. The van der Waals surface area contributed by atoms with Gasteiger partial charge in [0.25, 0.3) is 5.91 Å². The first-order valence-electron chi connectivity index (χ1n) is 10.5. The lowest BCUT2D eigenvalue weighted by Gasteiger charge is -2.27. The Morgan fingerprint density at radius 3 is 2.38 bits per heavy atom. The lowest BCUT2D eigenvalue weighted by Crippen LogP contribution is -2.43. The third-order valence-electron chi connectivity index (χ3n) is 5.08. The van der Waals surface area contributed by atoms with Gasteiger partial charge in [-0.3, -0.25) is 9.59 Å². The molecule has 0 saturated carbocycles. The highest BCUT2D eigenvalue weighted by Gasteiger charge is 2.24. The van der Waals surface area contributed by atoms with E-state index < -0.39 is 11.7 Å². The van der Waals surface area contributed by atoms with E-state index >= 15 is 0 Å². The van der Waals surface area contributed by atoms with Gasteiger partial charge in [-0.05, 0) is 43.2 Å². The van der Waals surface area contributed by atoms with Crippen molar-refractivity contribution in [3.05, 3.63) is 108 Å². The van der Waals surface area contributed by atoms with Crippen molar-refractivity contribution < 1.29 is 18.4 Å². The minimum atomic E-state index is -0.619. The van der Waals surface area contributed by atoms with E-state index in [4.69, 9.17) is 4.42 Å². The van der Waals surface area contributed by atoms with E-state index in [-0.39, 0.29) is 31.1 Å². The van der Waals surface area contributed by atoms with E-state index in [9.17, 15) is 14.0 Å². The molecule has 0 aliphatic carbocycles. The van der Waals surface area contributed by atoms with Gasteiger partial charge in [-0.2, -0.15) is 0 Å². The highest BCUT2D eigenvalue weighted by molar-refractivity contribution is 5.96. The number of halogens is 1. The van der Waals surface area contributed by atoms with Crippen LogP contribution in [0.5, 0.6) is 0 Å². The van der Waals surface area contributed by atoms with Crippen molar-refractivity contribution in [1.29, 1.82) is 0 Å². The molecule has 0 bridgehead atoms. The van der Waals surface area contributed by atoms with Gasteiger partial charge in [0.1, 0.15) is 23.9 Å². The summed E-state index contributed by atoms with van der Waals surface area (Å²) in [5.41, 5.74) is 1.03. The monoisotopic (exact) mass is 434 g/mol. The Morgan fingerprint density at radius 2 is 1.72 bits per heavy atom. The second kappa shape index (κ2) is 11.1. The lowest BCUT2D eigenvalue weighted by molar-refractivity contribution is -0.132. The van der Waals surface area contributed by atoms with Crippen LogP contribution in [0, 0.1) is 12.7 Å². The van der Waals surface area contributed by atoms with Crippen LogP contribution >= 0.6 is 0 Å². The van der Waals surface area contributed by atoms with Gasteiger partial charge in [0.15, 0.2) is 0 Å². The van der Waals surface area contributed by atoms with E-state index in [2.05, 4.69) is 6.58 Å². The maximum atomic E-state index is 14.2. The Kier molecular flexibility index (Phi) is 7.97. The van der Waals surface area contributed by atoms with Gasteiger partial charge in [-0.1, -0.05) is 48.5 Å². The predicted octanol–water partition coefficient (Wildman–Crippen LogP) is 4.63. The van der Waals surface area contributed by atoms with Crippen molar-refractivity contribution in [2.75, 3.05) is 19.6 Å². The number of aryl methyl sites for hydroxylation is 1. The van der Waals surface area contributed by atoms with Crippen LogP contribution in [0.15, 0.2) is 83.8 Å². The Balaban J connectivity index is 1.76. The van der Waals surface area contributed by atoms with E-state index in [0.29, 0.717) is 18.7 Å². The Bertz CT molecular complexity index is 1060. The third kappa shape index (κ3) is 6.17. The topological polar surface area (TPSA) is 53.8 Å². The van der Waals surface area contributed by atoms with Crippen molar-refractivity contribution in [3.63, 3.8) is 0 Å². The fraction of sp³-hybridized carbons (Fsp3) is 0.231. The standard InChI is InChI=1S/C26H27FN2O3/c1-3-16-29(26(31)23-11-7-8-12-24(23)27)19-25(30)28(18-22-14-13-20(2)32-22)17-15-21-9-5-4-6-10-21/h3-14H,1,15-19H2,2H3. The van der Waals surface area contributed by atoms with Crippen LogP contribution in [0.2, 0.25) is 0 Å². The van der Waals surface area contributed by atoms with Gasteiger partial charge in [-0.15, -0.1) is 6.58 Å². The molecule has 6 heteroatoms. The average Bonchev–Trinajstić information content (AvgIpc) is 3.21. The zero-order chi connectivity index (χ0) is 22.9. The number of carbonyl (C=O) groups excluding carboxylic acids is 2. The van der Waals surface area contributed by atoms with Gasteiger partial charge in [0.2, 0.25) is 5.91 Å². The maximum absolute atomic E-state index is 14.2. The van der Waals surface area contributed by atoms with Gasteiger partial charge in [-0.25, -0.2) is 4.39 Å². The van der Waals surface area contributed by atoms with Crippen LogP contribution in [0.1, 0.15) is 27.4 Å². The highest BCUT2D eigenvalue weighted by Crippen LogP contribution is 2.14. The average molecular weight is 435 g/mol. The predicted molar refractivity (Wildman–Crippen MR) is 122 cm³/mol. The van der Waals surface area contributed by atoms with E-state index in [1.54, 1.807) is 11.0 Å². The molecule has 0 aliphatic heterocycles. The molecule has 32 heavy (non-hydrogen) atoms. The third-order valence-corrected chi connectivity index (χ3v) is 5.08. The molecule has 0 fully saturated rings. The van der Waals surface area contributed by atoms with Gasteiger partial charge >= 0.3 is 0 Å². The van der Waals surface area contributed by atoms with Crippen LogP contribution in [0.3, 0.4) is 0 Å². The lowest BCUT2D eigenvalue weighted by atomic mass is 10.1. The Morgan fingerprint density at radius 1 is 1.00 bits per heavy atom. The summed E-state index contributed by atoms with van der Waals surface area (Å²) in [5, 5.41) is 0. The number of hydrogen-bond donors (Lipinski definition) is 0. The number of furan rings is 1.